The Balaban J connectivity index is 0.00000676. The van der Waals surface area contributed by atoms with Gasteiger partial charge in [0.15, 0.2) is 5.96 Å². The Labute approximate surface area is 185 Å². The molecule has 0 heterocycles. The van der Waals surface area contributed by atoms with E-state index in [0.29, 0.717) is 25.6 Å². The van der Waals surface area contributed by atoms with Crippen molar-refractivity contribution in [1.82, 2.24) is 20.3 Å². The van der Waals surface area contributed by atoms with Crippen LogP contribution in [0.1, 0.15) is 25.5 Å². The van der Waals surface area contributed by atoms with Gasteiger partial charge in [-0.1, -0.05) is 43.6 Å². The number of sulfonamides is 1. The van der Waals surface area contributed by atoms with E-state index in [9.17, 15) is 8.42 Å². The van der Waals surface area contributed by atoms with Crippen LogP contribution in [0.25, 0.3) is 0 Å². The number of halogens is 2. The van der Waals surface area contributed by atoms with Crippen LogP contribution in [0, 0.1) is 0 Å². The van der Waals surface area contributed by atoms with E-state index < -0.39 is 10.0 Å². The fourth-order valence-electron chi connectivity index (χ4n) is 2.68. The molecule has 0 saturated heterocycles. The van der Waals surface area contributed by atoms with Crippen molar-refractivity contribution in [2.24, 2.45) is 4.99 Å². The molecule has 0 aliphatic heterocycles. The number of likely N-dealkylation sites (N-methyl/N-ethyl adjacent to an activating group) is 1. The molecule has 10 heteroatoms. The number of guanidine groups is 1. The summed E-state index contributed by atoms with van der Waals surface area (Å²) >= 11 is 6.41. The second kappa shape index (κ2) is 13.5. The Morgan fingerprint density at radius 3 is 2.33 bits per heavy atom. The predicted octanol–water partition coefficient (Wildman–Crippen LogP) is 2.06. The van der Waals surface area contributed by atoms with Crippen molar-refractivity contribution in [3.05, 3.63) is 34.9 Å². The van der Waals surface area contributed by atoms with Gasteiger partial charge in [-0.05, 0) is 24.7 Å². The van der Waals surface area contributed by atoms with E-state index in [4.69, 9.17) is 11.6 Å². The molecule has 7 nitrogen and oxygen atoms in total. The molecule has 1 aromatic rings. The lowest BCUT2D eigenvalue weighted by Gasteiger charge is -2.31. The van der Waals surface area contributed by atoms with E-state index in [1.807, 2.05) is 24.3 Å². The highest BCUT2D eigenvalue weighted by Crippen LogP contribution is 2.26. The van der Waals surface area contributed by atoms with Crippen LogP contribution in [-0.4, -0.2) is 65.3 Å². The smallest absolute Gasteiger partial charge is 0.208 e. The third-order valence-electron chi connectivity index (χ3n) is 3.99. The lowest BCUT2D eigenvalue weighted by Crippen LogP contribution is -2.45. The van der Waals surface area contributed by atoms with E-state index in [2.05, 4.69) is 39.1 Å². The number of hydrogen-bond acceptors (Lipinski definition) is 4. The van der Waals surface area contributed by atoms with E-state index in [1.54, 1.807) is 7.05 Å². The molecule has 27 heavy (non-hydrogen) atoms. The van der Waals surface area contributed by atoms with E-state index in [0.717, 1.165) is 29.9 Å². The SMILES string of the molecule is CCN(CC)C(CNC(=NC)NCCNS(C)(=O)=O)c1ccccc1Cl.I. The fraction of sp³-hybridized carbons (Fsp3) is 0.588. The zero-order valence-corrected chi connectivity index (χ0v) is 20.2. The van der Waals surface area contributed by atoms with Crippen LogP contribution < -0.4 is 15.4 Å². The minimum Gasteiger partial charge on any atom is -0.355 e. The Kier molecular flexibility index (Phi) is 13.2. The van der Waals surface area contributed by atoms with Crippen molar-refractivity contribution in [3.63, 3.8) is 0 Å². The minimum absolute atomic E-state index is 0. The quantitative estimate of drug-likeness (QED) is 0.186. The van der Waals surface area contributed by atoms with E-state index in [1.165, 1.54) is 0 Å². The molecule has 0 spiro atoms. The fourth-order valence-corrected chi connectivity index (χ4v) is 3.41. The largest absolute Gasteiger partial charge is 0.355 e. The van der Waals surface area contributed by atoms with Crippen molar-refractivity contribution < 1.29 is 8.42 Å². The van der Waals surface area contributed by atoms with Gasteiger partial charge in [0.1, 0.15) is 0 Å². The third-order valence-corrected chi connectivity index (χ3v) is 5.06. The monoisotopic (exact) mass is 531 g/mol. The number of aliphatic imine (C=N–C) groups is 1. The van der Waals surface area contributed by atoms with Crippen LogP contribution in [0.5, 0.6) is 0 Å². The number of rotatable bonds is 10. The molecule has 0 radical (unpaired) electrons. The summed E-state index contributed by atoms with van der Waals surface area (Å²) < 4.78 is 24.6. The molecule has 0 amide bonds. The number of nitrogens with zero attached hydrogens (tertiary/aromatic N) is 2. The average Bonchev–Trinajstić information content (AvgIpc) is 2.60. The summed E-state index contributed by atoms with van der Waals surface area (Å²) in [6.07, 6.45) is 1.14. The molecule has 1 aromatic carbocycles. The average molecular weight is 532 g/mol. The summed E-state index contributed by atoms with van der Waals surface area (Å²) in [6, 6.07) is 7.96. The maximum Gasteiger partial charge on any atom is 0.208 e. The summed E-state index contributed by atoms with van der Waals surface area (Å²) in [5.74, 6) is 0.615. The van der Waals surface area contributed by atoms with Gasteiger partial charge in [-0.15, -0.1) is 24.0 Å². The first-order chi connectivity index (χ1) is 12.3. The standard InChI is InChI=1S/C17H30ClN5O2S.HI/c1-5-23(6-2)16(14-9-7-8-10-15(14)18)13-21-17(19-3)20-11-12-22-26(4,24)25;/h7-10,16,22H,5-6,11-13H2,1-4H3,(H2,19,20,21);1H. The Morgan fingerprint density at radius 1 is 1.19 bits per heavy atom. The van der Waals surface area contributed by atoms with Gasteiger partial charge >= 0.3 is 0 Å². The number of nitrogens with one attached hydrogen (secondary N) is 3. The first-order valence-corrected chi connectivity index (χ1v) is 11.0. The number of hydrogen-bond donors (Lipinski definition) is 3. The highest BCUT2D eigenvalue weighted by molar-refractivity contribution is 14.0. The Morgan fingerprint density at radius 2 is 1.81 bits per heavy atom. The molecule has 0 aliphatic carbocycles. The molecule has 0 fully saturated rings. The molecule has 0 saturated carbocycles. The second-order valence-electron chi connectivity index (χ2n) is 5.80. The van der Waals surface area contributed by atoms with Crippen LogP contribution in [0.15, 0.2) is 29.3 Å². The van der Waals surface area contributed by atoms with Gasteiger partial charge in [-0.25, -0.2) is 13.1 Å². The lowest BCUT2D eigenvalue weighted by molar-refractivity contribution is 0.219. The minimum atomic E-state index is -3.18. The molecule has 1 rings (SSSR count). The molecule has 0 bridgehead atoms. The van der Waals surface area contributed by atoms with Crippen molar-refractivity contribution >= 4 is 51.6 Å². The first-order valence-electron chi connectivity index (χ1n) is 8.70. The van der Waals surface area contributed by atoms with Crippen molar-refractivity contribution in [1.29, 1.82) is 0 Å². The Bertz CT molecular complexity index is 684. The van der Waals surface area contributed by atoms with E-state index >= 15 is 0 Å². The van der Waals surface area contributed by atoms with Crippen molar-refractivity contribution in [2.75, 3.05) is 46.0 Å². The van der Waals surface area contributed by atoms with E-state index in [-0.39, 0.29) is 30.0 Å². The molecule has 1 atom stereocenters. The van der Waals surface area contributed by atoms with Gasteiger partial charge in [0.2, 0.25) is 10.0 Å². The zero-order chi connectivity index (χ0) is 19.6. The predicted molar refractivity (Wildman–Crippen MR) is 125 cm³/mol. The molecule has 1 unspecified atom stereocenters. The van der Waals surface area contributed by atoms with Gasteiger partial charge in [0.25, 0.3) is 0 Å². The summed E-state index contributed by atoms with van der Waals surface area (Å²) in [6.45, 7) is 7.41. The normalized spacial score (nSPS) is 13.2. The van der Waals surface area contributed by atoms with Crippen LogP contribution in [-0.2, 0) is 10.0 Å². The number of benzene rings is 1. The summed E-state index contributed by atoms with van der Waals surface area (Å²) in [5.41, 5.74) is 1.07. The van der Waals surface area contributed by atoms with Crippen LogP contribution in [0.4, 0.5) is 0 Å². The van der Waals surface area contributed by atoms with Crippen LogP contribution in [0.3, 0.4) is 0 Å². The maximum atomic E-state index is 11.1. The van der Waals surface area contributed by atoms with Gasteiger partial charge in [0.05, 0.1) is 12.3 Å². The third kappa shape index (κ3) is 9.93. The molecule has 0 aliphatic rings. The summed E-state index contributed by atoms with van der Waals surface area (Å²) in [7, 11) is -1.50. The van der Waals surface area contributed by atoms with Gasteiger partial charge in [-0.2, -0.15) is 0 Å². The Hall–Kier alpha value is -0.620. The molecular weight excluding hydrogens is 501 g/mol. The van der Waals surface area contributed by atoms with Crippen LogP contribution in [0.2, 0.25) is 5.02 Å². The molecule has 0 aromatic heterocycles. The van der Waals surface area contributed by atoms with Gasteiger partial charge in [-0.3, -0.25) is 9.89 Å². The molecular formula is C17H31ClIN5O2S. The second-order valence-corrected chi connectivity index (χ2v) is 8.05. The zero-order valence-electron chi connectivity index (χ0n) is 16.3. The van der Waals surface area contributed by atoms with Crippen molar-refractivity contribution in [3.8, 4) is 0 Å². The highest BCUT2D eigenvalue weighted by atomic mass is 127. The first kappa shape index (κ1) is 26.4. The highest BCUT2D eigenvalue weighted by Gasteiger charge is 2.20. The maximum absolute atomic E-state index is 11.1. The van der Waals surface area contributed by atoms with Gasteiger partial charge < -0.3 is 10.6 Å². The summed E-state index contributed by atoms with van der Waals surface area (Å²) in [4.78, 5) is 6.51. The molecule has 156 valence electrons. The van der Waals surface area contributed by atoms with Crippen LogP contribution >= 0.6 is 35.6 Å². The molecule has 3 N–H and O–H groups in total. The topological polar surface area (TPSA) is 85.8 Å². The van der Waals surface area contributed by atoms with Crippen molar-refractivity contribution in [2.45, 2.75) is 19.9 Å². The van der Waals surface area contributed by atoms with Gasteiger partial charge in [0, 0.05) is 31.7 Å². The summed E-state index contributed by atoms with van der Waals surface area (Å²) in [5, 5.41) is 7.14. The lowest BCUT2D eigenvalue weighted by atomic mass is 10.0.